The highest BCUT2D eigenvalue weighted by Crippen LogP contribution is 2.33. The quantitative estimate of drug-likeness (QED) is 0.123. The number of nitro groups is 1. The molecule has 1 unspecified atom stereocenters. The van der Waals surface area contributed by atoms with E-state index >= 15 is 0 Å². The zero-order chi connectivity index (χ0) is 30.3. The minimum absolute atomic E-state index is 0.00994. The zero-order valence-corrected chi connectivity index (χ0v) is 24.5. The van der Waals surface area contributed by atoms with Gasteiger partial charge in [-0.3, -0.25) is 24.3 Å². The average molecular weight is 591 g/mol. The normalized spacial score (nSPS) is 12.1. The number of rotatable bonds is 11. The number of carbonyl (C=O) groups excluding carboxylic acids is 1. The van der Waals surface area contributed by atoms with Crippen LogP contribution in [-0.4, -0.2) is 59.9 Å². The van der Waals surface area contributed by atoms with Gasteiger partial charge in [-0.1, -0.05) is 18.2 Å². The standard InChI is InChI=1S/C30H33N5O6S/c1-30(2,3)41-29(36)33(15-5-6-22-8-10-26(11-9-22)35(37)38)16-17-34(42(39)40)28-19-24(23-7-4-13-31-20-23)18-25-21-32-14-12-27(25)28/h4,7-14,18-21H,5-6,15-17H2,1-3H3,(H,39,40)/p-1. The Morgan fingerprint density at radius 2 is 1.71 bits per heavy atom. The van der Waals surface area contributed by atoms with E-state index in [9.17, 15) is 23.7 Å². The van der Waals surface area contributed by atoms with Crippen molar-refractivity contribution in [3.8, 4) is 11.1 Å². The summed E-state index contributed by atoms with van der Waals surface area (Å²) in [4.78, 5) is 33.5. The van der Waals surface area contributed by atoms with Gasteiger partial charge in [0.25, 0.3) is 5.69 Å². The van der Waals surface area contributed by atoms with Crippen LogP contribution in [0.3, 0.4) is 0 Å². The predicted octanol–water partition coefficient (Wildman–Crippen LogP) is 5.68. The number of non-ortho nitro benzene ring substituents is 1. The Labute approximate surface area is 246 Å². The Hall–Kier alpha value is -4.42. The maximum Gasteiger partial charge on any atom is 0.410 e. The van der Waals surface area contributed by atoms with Gasteiger partial charge >= 0.3 is 6.09 Å². The number of pyridine rings is 2. The van der Waals surface area contributed by atoms with Crippen molar-refractivity contribution in [1.82, 2.24) is 14.9 Å². The van der Waals surface area contributed by atoms with Gasteiger partial charge in [-0.05, 0) is 69.0 Å². The summed E-state index contributed by atoms with van der Waals surface area (Å²) in [6.07, 6.45) is 7.21. The molecule has 12 heteroatoms. The van der Waals surface area contributed by atoms with E-state index in [0.717, 1.165) is 22.1 Å². The van der Waals surface area contributed by atoms with E-state index in [1.807, 2.05) is 12.1 Å². The molecule has 0 saturated carbocycles. The van der Waals surface area contributed by atoms with E-state index in [4.69, 9.17) is 4.74 Å². The summed E-state index contributed by atoms with van der Waals surface area (Å²) in [6.45, 7) is 5.66. The SMILES string of the molecule is CC(C)(C)OC(=O)N(CCCc1ccc([N+](=O)[O-])cc1)CCN(c1cc(-c2cccnc2)cc2cnccc12)S(=O)[O-]. The number of ether oxygens (including phenoxy) is 1. The summed E-state index contributed by atoms with van der Waals surface area (Å²) in [5.41, 5.74) is 2.21. The van der Waals surface area contributed by atoms with Crippen molar-refractivity contribution in [2.45, 2.75) is 39.2 Å². The lowest BCUT2D eigenvalue weighted by molar-refractivity contribution is -0.384. The second-order valence-corrected chi connectivity index (χ2v) is 11.5. The highest BCUT2D eigenvalue weighted by atomic mass is 32.2. The van der Waals surface area contributed by atoms with Crippen molar-refractivity contribution in [2.75, 3.05) is 23.9 Å². The van der Waals surface area contributed by atoms with Crippen LogP contribution in [0.1, 0.15) is 32.8 Å². The lowest BCUT2D eigenvalue weighted by Gasteiger charge is -2.32. The van der Waals surface area contributed by atoms with E-state index in [0.29, 0.717) is 30.5 Å². The van der Waals surface area contributed by atoms with Gasteiger partial charge in [0.05, 0.1) is 10.6 Å². The molecule has 2 aromatic carbocycles. The fourth-order valence-electron chi connectivity index (χ4n) is 4.46. The molecule has 2 heterocycles. The third kappa shape index (κ3) is 8.08. The van der Waals surface area contributed by atoms with E-state index in [2.05, 4.69) is 9.97 Å². The number of hydrogen-bond donors (Lipinski definition) is 0. The molecule has 0 N–H and O–H groups in total. The lowest BCUT2D eigenvalue weighted by atomic mass is 10.0. The molecule has 0 spiro atoms. The van der Waals surface area contributed by atoms with E-state index in [1.165, 1.54) is 21.3 Å². The third-order valence-electron chi connectivity index (χ3n) is 6.44. The smallest absolute Gasteiger partial charge is 0.410 e. The van der Waals surface area contributed by atoms with Crippen LogP contribution in [0.4, 0.5) is 16.2 Å². The van der Waals surface area contributed by atoms with Gasteiger partial charge in [0, 0.05) is 84.2 Å². The topological polar surface area (TPSA) is 142 Å². The van der Waals surface area contributed by atoms with Crippen LogP contribution in [0.2, 0.25) is 0 Å². The summed E-state index contributed by atoms with van der Waals surface area (Å²) >= 11 is -2.65. The molecule has 0 aliphatic heterocycles. The van der Waals surface area contributed by atoms with Gasteiger partial charge < -0.3 is 18.5 Å². The van der Waals surface area contributed by atoms with Crippen molar-refractivity contribution in [3.05, 3.63) is 95.1 Å². The third-order valence-corrected chi connectivity index (χ3v) is 7.18. The summed E-state index contributed by atoms with van der Waals surface area (Å²) in [6, 6.07) is 15.4. The molecular weight excluding hydrogens is 558 g/mol. The van der Waals surface area contributed by atoms with Gasteiger partial charge in [0.2, 0.25) is 0 Å². The number of carbonyl (C=O) groups is 1. The highest BCUT2D eigenvalue weighted by molar-refractivity contribution is 7.80. The van der Waals surface area contributed by atoms with E-state index in [-0.39, 0.29) is 18.8 Å². The first kappa shape index (κ1) is 30.5. The van der Waals surface area contributed by atoms with Crippen molar-refractivity contribution >= 4 is 39.5 Å². The maximum atomic E-state index is 13.1. The number of anilines is 1. The fourth-order valence-corrected chi connectivity index (χ4v) is 5.00. The van der Waals surface area contributed by atoms with E-state index < -0.39 is 27.9 Å². The molecule has 4 aromatic rings. The number of aromatic nitrogens is 2. The van der Waals surface area contributed by atoms with Gasteiger partial charge in [0.15, 0.2) is 0 Å². The predicted molar refractivity (Wildman–Crippen MR) is 160 cm³/mol. The molecule has 0 aliphatic carbocycles. The molecule has 2 aromatic heterocycles. The zero-order valence-electron chi connectivity index (χ0n) is 23.6. The van der Waals surface area contributed by atoms with Gasteiger partial charge in [0.1, 0.15) is 5.60 Å². The molecule has 0 saturated heterocycles. The summed E-state index contributed by atoms with van der Waals surface area (Å²) in [7, 11) is 0. The fraction of sp³-hybridized carbons (Fsp3) is 0.300. The van der Waals surface area contributed by atoms with Gasteiger partial charge in [-0.15, -0.1) is 0 Å². The number of amides is 1. The monoisotopic (exact) mass is 590 g/mol. The molecule has 0 aliphatic rings. The second kappa shape index (κ2) is 13.5. The Kier molecular flexibility index (Phi) is 9.81. The van der Waals surface area contributed by atoms with Crippen LogP contribution >= 0.6 is 0 Å². The minimum atomic E-state index is -2.65. The molecule has 1 atom stereocenters. The first-order valence-electron chi connectivity index (χ1n) is 13.4. The second-order valence-electron chi connectivity index (χ2n) is 10.6. The first-order valence-corrected chi connectivity index (χ1v) is 14.4. The maximum absolute atomic E-state index is 13.1. The van der Waals surface area contributed by atoms with Crippen LogP contribution in [0.25, 0.3) is 21.9 Å². The molecule has 4 rings (SSSR count). The first-order chi connectivity index (χ1) is 20.0. The van der Waals surface area contributed by atoms with Crippen molar-refractivity contribution in [1.29, 1.82) is 0 Å². The summed E-state index contributed by atoms with van der Waals surface area (Å²) < 4.78 is 32.0. The number of aryl methyl sites for hydroxylation is 1. The average Bonchev–Trinajstić information content (AvgIpc) is 2.95. The molecular formula is C30H32N5O6S-. The Morgan fingerprint density at radius 3 is 2.36 bits per heavy atom. The Bertz CT molecular complexity index is 1560. The number of benzene rings is 2. The molecule has 1 amide bonds. The molecule has 220 valence electrons. The number of nitro benzene ring substituents is 1. The van der Waals surface area contributed by atoms with Crippen molar-refractivity contribution in [2.24, 2.45) is 0 Å². The van der Waals surface area contributed by atoms with Crippen LogP contribution in [0.5, 0.6) is 0 Å². The summed E-state index contributed by atoms with van der Waals surface area (Å²) in [5.74, 6) is 0. The minimum Gasteiger partial charge on any atom is -0.755 e. The molecule has 0 radical (unpaired) electrons. The highest BCUT2D eigenvalue weighted by Gasteiger charge is 2.23. The van der Waals surface area contributed by atoms with Crippen LogP contribution in [0, 0.1) is 10.1 Å². The summed E-state index contributed by atoms with van der Waals surface area (Å²) in [5, 5.41) is 12.4. The molecule has 0 bridgehead atoms. The van der Waals surface area contributed by atoms with Gasteiger partial charge in [-0.2, -0.15) is 0 Å². The van der Waals surface area contributed by atoms with Gasteiger partial charge in [-0.25, -0.2) is 4.79 Å². The number of fused-ring (bicyclic) bond motifs is 1. The van der Waals surface area contributed by atoms with Crippen molar-refractivity contribution in [3.63, 3.8) is 0 Å². The molecule has 11 nitrogen and oxygen atoms in total. The Balaban J connectivity index is 1.57. The lowest BCUT2D eigenvalue weighted by Crippen LogP contribution is -2.42. The largest absolute Gasteiger partial charge is 0.755 e. The number of nitrogens with zero attached hydrogens (tertiary/aromatic N) is 5. The molecule has 0 fully saturated rings. The molecule has 42 heavy (non-hydrogen) atoms. The van der Waals surface area contributed by atoms with Crippen LogP contribution in [0.15, 0.2) is 79.4 Å². The van der Waals surface area contributed by atoms with E-state index in [1.54, 1.807) is 75.9 Å². The van der Waals surface area contributed by atoms with Crippen LogP contribution < -0.4 is 4.31 Å². The number of hydrogen-bond acceptors (Lipinski definition) is 8. The van der Waals surface area contributed by atoms with Crippen LogP contribution in [-0.2, 0) is 22.4 Å². The Morgan fingerprint density at radius 1 is 0.976 bits per heavy atom. The van der Waals surface area contributed by atoms with Crippen molar-refractivity contribution < 1.29 is 23.2 Å².